The standard InChI is InChI=1S/C16H23N3O2/c1-12(2)19-8-7-14(18-19)11-21-16-9-15(20-4)6-5-13(16)10-17-3/h5-9,12,17H,10-11H2,1-4H3. The molecule has 1 N–H and O–H groups in total. The van der Waals surface area contributed by atoms with Crippen LogP contribution in [0.3, 0.4) is 0 Å². The van der Waals surface area contributed by atoms with Gasteiger partial charge in [0, 0.05) is 30.4 Å². The zero-order valence-electron chi connectivity index (χ0n) is 13.1. The van der Waals surface area contributed by atoms with Gasteiger partial charge in [-0.25, -0.2) is 0 Å². The molecule has 114 valence electrons. The first-order valence-electron chi connectivity index (χ1n) is 7.12. The van der Waals surface area contributed by atoms with Crippen LogP contribution >= 0.6 is 0 Å². The molecule has 0 saturated carbocycles. The molecule has 0 atom stereocenters. The minimum absolute atomic E-state index is 0.357. The second-order valence-corrected chi connectivity index (χ2v) is 5.17. The summed E-state index contributed by atoms with van der Waals surface area (Å²) in [7, 11) is 3.57. The third kappa shape index (κ3) is 3.98. The van der Waals surface area contributed by atoms with Gasteiger partial charge in [-0.3, -0.25) is 4.68 Å². The summed E-state index contributed by atoms with van der Waals surface area (Å²) in [5, 5.41) is 7.63. The first-order chi connectivity index (χ1) is 10.1. The van der Waals surface area contributed by atoms with E-state index in [-0.39, 0.29) is 0 Å². The van der Waals surface area contributed by atoms with Crippen molar-refractivity contribution in [3.63, 3.8) is 0 Å². The highest BCUT2D eigenvalue weighted by Crippen LogP contribution is 2.25. The van der Waals surface area contributed by atoms with Crippen LogP contribution < -0.4 is 14.8 Å². The molecule has 0 aliphatic carbocycles. The topological polar surface area (TPSA) is 48.3 Å². The number of nitrogens with one attached hydrogen (secondary N) is 1. The SMILES string of the molecule is CNCc1ccc(OC)cc1OCc1ccn(C(C)C)n1. The molecule has 1 aromatic carbocycles. The van der Waals surface area contributed by atoms with Gasteiger partial charge in [0.25, 0.3) is 0 Å². The van der Waals surface area contributed by atoms with Gasteiger partial charge in [-0.2, -0.15) is 5.10 Å². The lowest BCUT2D eigenvalue weighted by Gasteiger charge is -2.12. The zero-order chi connectivity index (χ0) is 15.2. The van der Waals surface area contributed by atoms with Crippen LogP contribution in [0.1, 0.15) is 31.1 Å². The lowest BCUT2D eigenvalue weighted by Crippen LogP contribution is -2.08. The lowest BCUT2D eigenvalue weighted by atomic mass is 10.2. The molecule has 0 unspecified atom stereocenters. The number of hydrogen-bond acceptors (Lipinski definition) is 4. The Morgan fingerprint density at radius 1 is 1.29 bits per heavy atom. The number of ether oxygens (including phenoxy) is 2. The van der Waals surface area contributed by atoms with Crippen LogP contribution in [0.2, 0.25) is 0 Å². The number of benzene rings is 1. The van der Waals surface area contributed by atoms with Crippen molar-refractivity contribution in [1.82, 2.24) is 15.1 Å². The van der Waals surface area contributed by atoms with Gasteiger partial charge in [0.15, 0.2) is 0 Å². The largest absolute Gasteiger partial charge is 0.497 e. The minimum Gasteiger partial charge on any atom is -0.497 e. The van der Waals surface area contributed by atoms with Gasteiger partial charge in [0.05, 0.1) is 12.8 Å². The highest BCUT2D eigenvalue weighted by atomic mass is 16.5. The Bertz CT molecular complexity index is 579. The predicted octanol–water partition coefficient (Wildman–Crippen LogP) is 2.77. The molecule has 21 heavy (non-hydrogen) atoms. The van der Waals surface area contributed by atoms with Crippen molar-refractivity contribution in [2.24, 2.45) is 0 Å². The molecule has 0 spiro atoms. The second kappa shape index (κ2) is 7.13. The van der Waals surface area contributed by atoms with Gasteiger partial charge in [-0.1, -0.05) is 6.07 Å². The molecule has 2 rings (SSSR count). The Balaban J connectivity index is 2.09. The molecule has 5 heteroatoms. The molecule has 2 aromatic rings. The van der Waals surface area contributed by atoms with Crippen molar-refractivity contribution >= 4 is 0 Å². The molecule has 0 bridgehead atoms. The molecular weight excluding hydrogens is 266 g/mol. The van der Waals surface area contributed by atoms with Gasteiger partial charge < -0.3 is 14.8 Å². The van der Waals surface area contributed by atoms with E-state index in [1.807, 2.05) is 42.2 Å². The maximum atomic E-state index is 5.92. The smallest absolute Gasteiger partial charge is 0.132 e. The Morgan fingerprint density at radius 2 is 2.10 bits per heavy atom. The Labute approximate surface area is 125 Å². The molecule has 0 amide bonds. The van der Waals surface area contributed by atoms with E-state index in [4.69, 9.17) is 9.47 Å². The van der Waals surface area contributed by atoms with Crippen molar-refractivity contribution in [3.05, 3.63) is 41.7 Å². The van der Waals surface area contributed by atoms with E-state index in [1.165, 1.54) is 0 Å². The maximum Gasteiger partial charge on any atom is 0.132 e. The van der Waals surface area contributed by atoms with E-state index in [9.17, 15) is 0 Å². The van der Waals surface area contributed by atoms with Gasteiger partial charge in [-0.15, -0.1) is 0 Å². The van der Waals surface area contributed by atoms with Crippen LogP contribution in [0.4, 0.5) is 0 Å². The van der Waals surface area contributed by atoms with Crippen molar-refractivity contribution in [2.45, 2.75) is 33.0 Å². The van der Waals surface area contributed by atoms with Crippen molar-refractivity contribution in [3.8, 4) is 11.5 Å². The third-order valence-electron chi connectivity index (χ3n) is 3.21. The van der Waals surface area contributed by atoms with Crippen molar-refractivity contribution in [2.75, 3.05) is 14.2 Å². The average Bonchev–Trinajstić information content (AvgIpc) is 2.95. The summed E-state index contributed by atoms with van der Waals surface area (Å²) >= 11 is 0. The summed E-state index contributed by atoms with van der Waals surface area (Å²) in [5.41, 5.74) is 2.02. The van der Waals surface area contributed by atoms with Crippen LogP contribution in [-0.2, 0) is 13.2 Å². The van der Waals surface area contributed by atoms with Crippen LogP contribution in [0.25, 0.3) is 0 Å². The lowest BCUT2D eigenvalue weighted by molar-refractivity contribution is 0.293. The van der Waals surface area contributed by atoms with E-state index in [1.54, 1.807) is 7.11 Å². The monoisotopic (exact) mass is 289 g/mol. The third-order valence-corrected chi connectivity index (χ3v) is 3.21. The molecule has 0 aliphatic rings. The number of aromatic nitrogens is 2. The summed E-state index contributed by atoms with van der Waals surface area (Å²) in [4.78, 5) is 0. The normalized spacial score (nSPS) is 10.9. The molecule has 0 saturated heterocycles. The Morgan fingerprint density at radius 3 is 2.71 bits per heavy atom. The van der Waals surface area contributed by atoms with Gasteiger partial charge in [-0.05, 0) is 33.0 Å². The van der Waals surface area contributed by atoms with E-state index in [2.05, 4.69) is 24.3 Å². The molecule has 5 nitrogen and oxygen atoms in total. The van der Waals surface area contributed by atoms with Crippen LogP contribution in [0.15, 0.2) is 30.5 Å². The second-order valence-electron chi connectivity index (χ2n) is 5.17. The Hall–Kier alpha value is -2.01. The van der Waals surface area contributed by atoms with Crippen LogP contribution in [0.5, 0.6) is 11.5 Å². The molecule has 0 aliphatic heterocycles. The zero-order valence-corrected chi connectivity index (χ0v) is 13.1. The Kier molecular flexibility index (Phi) is 5.22. The number of rotatable bonds is 7. The fourth-order valence-electron chi connectivity index (χ4n) is 2.03. The fourth-order valence-corrected chi connectivity index (χ4v) is 2.03. The number of hydrogen-bond donors (Lipinski definition) is 1. The minimum atomic E-state index is 0.357. The quantitative estimate of drug-likeness (QED) is 0.851. The first kappa shape index (κ1) is 15.4. The van der Waals surface area contributed by atoms with Gasteiger partial charge in [0.1, 0.15) is 18.1 Å². The highest BCUT2D eigenvalue weighted by Gasteiger charge is 2.08. The molecule has 0 radical (unpaired) electrons. The first-order valence-corrected chi connectivity index (χ1v) is 7.12. The summed E-state index contributed by atoms with van der Waals surface area (Å²) in [6, 6.07) is 8.20. The highest BCUT2D eigenvalue weighted by molar-refractivity contribution is 5.40. The molecule has 0 fully saturated rings. The predicted molar refractivity (Wildman–Crippen MR) is 82.7 cm³/mol. The van der Waals surface area contributed by atoms with Crippen molar-refractivity contribution in [1.29, 1.82) is 0 Å². The maximum absolute atomic E-state index is 5.92. The summed E-state index contributed by atoms with van der Waals surface area (Å²) < 4.78 is 13.1. The average molecular weight is 289 g/mol. The number of nitrogens with zero attached hydrogens (tertiary/aromatic N) is 2. The number of methoxy groups -OCH3 is 1. The van der Waals surface area contributed by atoms with E-state index >= 15 is 0 Å². The van der Waals surface area contributed by atoms with Gasteiger partial charge in [0.2, 0.25) is 0 Å². The summed E-state index contributed by atoms with van der Waals surface area (Å²) in [6.07, 6.45) is 1.98. The van der Waals surface area contributed by atoms with Gasteiger partial charge >= 0.3 is 0 Å². The molecule has 1 aromatic heterocycles. The van der Waals surface area contributed by atoms with Crippen LogP contribution in [0, 0.1) is 0 Å². The van der Waals surface area contributed by atoms with E-state index in [0.717, 1.165) is 29.3 Å². The fraction of sp³-hybridized carbons (Fsp3) is 0.438. The van der Waals surface area contributed by atoms with E-state index < -0.39 is 0 Å². The van der Waals surface area contributed by atoms with Crippen molar-refractivity contribution < 1.29 is 9.47 Å². The molecule has 1 heterocycles. The molecular formula is C16H23N3O2. The summed E-state index contributed by atoms with van der Waals surface area (Å²) in [5.74, 6) is 1.61. The van der Waals surface area contributed by atoms with E-state index in [0.29, 0.717) is 12.6 Å². The van der Waals surface area contributed by atoms with Crippen LogP contribution in [-0.4, -0.2) is 23.9 Å². The summed E-state index contributed by atoms with van der Waals surface area (Å²) in [6.45, 7) is 5.40.